The van der Waals surface area contributed by atoms with E-state index in [0.29, 0.717) is 24.4 Å². The molecule has 154 valence electrons. The number of nitrogens with one attached hydrogen (secondary N) is 2. The molecule has 0 saturated heterocycles. The van der Waals surface area contributed by atoms with Gasteiger partial charge < -0.3 is 10.6 Å². The molecule has 0 radical (unpaired) electrons. The molecule has 0 aromatic heterocycles. The highest BCUT2D eigenvalue weighted by atomic mass is 19.1. The molecule has 1 amide bonds. The van der Waals surface area contributed by atoms with E-state index >= 15 is 0 Å². The van der Waals surface area contributed by atoms with Gasteiger partial charge in [0.25, 0.3) is 0 Å². The van der Waals surface area contributed by atoms with Gasteiger partial charge in [-0.25, -0.2) is 0 Å². The van der Waals surface area contributed by atoms with E-state index in [1.54, 1.807) is 6.07 Å². The van der Waals surface area contributed by atoms with Crippen LogP contribution in [0.2, 0.25) is 0 Å². The van der Waals surface area contributed by atoms with Crippen molar-refractivity contribution in [2.45, 2.75) is 13.3 Å². The second-order valence-corrected chi connectivity index (χ2v) is 5.75. The van der Waals surface area contributed by atoms with Gasteiger partial charge in [0.1, 0.15) is 5.69 Å². The van der Waals surface area contributed by atoms with Gasteiger partial charge in [-0.15, -0.1) is 10.2 Å². The topological polar surface area (TPSA) is 176 Å². The van der Waals surface area contributed by atoms with Crippen LogP contribution in [0.1, 0.15) is 13.3 Å². The zero-order chi connectivity index (χ0) is 22.3. The Hall–Kier alpha value is -4.47. The van der Waals surface area contributed by atoms with Gasteiger partial charge in [0.2, 0.25) is 11.7 Å². The maximum absolute atomic E-state index is 13.9. The van der Waals surface area contributed by atoms with E-state index in [0.717, 1.165) is 0 Å². The number of carbonyl (C=O) groups is 1. The monoisotopic (exact) mass is 415 g/mol. The lowest BCUT2D eigenvalue weighted by Crippen LogP contribution is -2.07. The number of amides is 1. The number of benzene rings is 2. The minimum Gasteiger partial charge on any atom is -0.384 e. The third-order valence-electron chi connectivity index (χ3n) is 3.58. The van der Waals surface area contributed by atoms with Crippen LogP contribution >= 0.6 is 0 Å². The Bertz CT molecular complexity index is 1080. The summed E-state index contributed by atoms with van der Waals surface area (Å²) in [6, 6.07) is 7.49. The zero-order valence-corrected chi connectivity index (χ0v) is 15.5. The predicted molar refractivity (Wildman–Crippen MR) is 103 cm³/mol. The molecule has 0 bridgehead atoms. The summed E-state index contributed by atoms with van der Waals surface area (Å²) in [5.41, 5.74) is -1.52. The van der Waals surface area contributed by atoms with Gasteiger partial charge in [-0.1, -0.05) is 0 Å². The molecule has 0 unspecified atom stereocenters. The molecule has 2 N–H and O–H groups in total. The molecule has 0 atom stereocenters. The van der Waals surface area contributed by atoms with Gasteiger partial charge in [-0.05, 0) is 18.2 Å². The minimum absolute atomic E-state index is 0.101. The van der Waals surface area contributed by atoms with E-state index < -0.39 is 38.6 Å². The number of carbonyl (C=O) groups excluding carboxylic acids is 1. The maximum Gasteiger partial charge on any atom is 0.311 e. The largest absolute Gasteiger partial charge is 0.384 e. The highest BCUT2D eigenvalue weighted by Crippen LogP contribution is 2.36. The first-order valence-corrected chi connectivity index (χ1v) is 8.29. The SMILES string of the molecule is CC(=O)Nc1cc(NCCC#N)ccc1N=Nc1cc(F)c([N+](=O)[O-])cc1[N+](=O)[O-]. The van der Waals surface area contributed by atoms with Crippen LogP contribution in [-0.2, 0) is 4.79 Å². The number of rotatable bonds is 8. The van der Waals surface area contributed by atoms with Crippen LogP contribution in [-0.4, -0.2) is 22.3 Å². The van der Waals surface area contributed by atoms with Gasteiger partial charge in [-0.2, -0.15) is 9.65 Å². The fourth-order valence-electron chi connectivity index (χ4n) is 2.30. The summed E-state index contributed by atoms with van der Waals surface area (Å²) < 4.78 is 13.9. The Morgan fingerprint density at radius 1 is 1.13 bits per heavy atom. The maximum atomic E-state index is 13.9. The molecular weight excluding hydrogens is 401 g/mol. The fraction of sp³-hybridized carbons (Fsp3) is 0.176. The summed E-state index contributed by atoms with van der Waals surface area (Å²) in [6.07, 6.45) is 0.256. The lowest BCUT2D eigenvalue weighted by Gasteiger charge is -2.10. The van der Waals surface area contributed by atoms with Gasteiger partial charge in [0, 0.05) is 25.2 Å². The van der Waals surface area contributed by atoms with Gasteiger partial charge in [-0.3, -0.25) is 25.0 Å². The van der Waals surface area contributed by atoms with E-state index in [9.17, 15) is 29.4 Å². The van der Waals surface area contributed by atoms with Crippen LogP contribution in [0, 0.1) is 37.4 Å². The molecular formula is C17H14FN7O5. The van der Waals surface area contributed by atoms with Crippen molar-refractivity contribution in [3.8, 4) is 6.07 Å². The molecule has 2 aromatic rings. The molecule has 0 aliphatic rings. The number of nitrogens with zero attached hydrogens (tertiary/aromatic N) is 5. The summed E-state index contributed by atoms with van der Waals surface area (Å²) >= 11 is 0. The molecule has 30 heavy (non-hydrogen) atoms. The molecule has 12 nitrogen and oxygen atoms in total. The second-order valence-electron chi connectivity index (χ2n) is 5.75. The summed E-state index contributed by atoms with van der Waals surface area (Å²) in [5, 5.41) is 43.5. The smallest absolute Gasteiger partial charge is 0.311 e. The molecule has 2 rings (SSSR count). The normalized spacial score (nSPS) is 10.4. The van der Waals surface area contributed by atoms with Crippen LogP contribution in [0.3, 0.4) is 0 Å². The van der Waals surface area contributed by atoms with Gasteiger partial charge in [0.05, 0.1) is 34.1 Å². The molecule has 0 spiro atoms. The number of hydrogen-bond acceptors (Lipinski definition) is 9. The third kappa shape index (κ3) is 5.52. The molecule has 0 fully saturated rings. The summed E-state index contributed by atoms with van der Waals surface area (Å²) in [7, 11) is 0. The molecule has 2 aromatic carbocycles. The van der Waals surface area contributed by atoms with Crippen molar-refractivity contribution in [2.24, 2.45) is 10.2 Å². The van der Waals surface area contributed by atoms with Crippen molar-refractivity contribution in [2.75, 3.05) is 17.2 Å². The average molecular weight is 415 g/mol. The van der Waals surface area contributed by atoms with E-state index in [1.807, 2.05) is 6.07 Å². The van der Waals surface area contributed by atoms with Crippen LogP contribution in [0.5, 0.6) is 0 Å². The third-order valence-corrected chi connectivity index (χ3v) is 3.58. The average Bonchev–Trinajstić information content (AvgIpc) is 2.66. The Balaban J connectivity index is 2.44. The Morgan fingerprint density at radius 2 is 1.80 bits per heavy atom. The van der Waals surface area contributed by atoms with Crippen molar-refractivity contribution in [1.29, 1.82) is 5.26 Å². The number of nitriles is 1. The van der Waals surface area contributed by atoms with Crippen molar-refractivity contribution in [3.63, 3.8) is 0 Å². The Labute approximate surface area is 168 Å². The lowest BCUT2D eigenvalue weighted by atomic mass is 10.2. The quantitative estimate of drug-likeness (QED) is 0.279. The van der Waals surface area contributed by atoms with E-state index in [4.69, 9.17) is 5.26 Å². The van der Waals surface area contributed by atoms with Crippen molar-refractivity contribution in [3.05, 3.63) is 56.4 Å². The van der Waals surface area contributed by atoms with E-state index in [-0.39, 0.29) is 17.8 Å². The number of hydrogen-bond donors (Lipinski definition) is 2. The first-order chi connectivity index (χ1) is 14.2. The van der Waals surface area contributed by atoms with E-state index in [1.165, 1.54) is 19.1 Å². The van der Waals surface area contributed by atoms with Crippen LogP contribution in [0.4, 0.5) is 38.5 Å². The first kappa shape index (κ1) is 21.8. The number of halogens is 1. The van der Waals surface area contributed by atoms with Crippen LogP contribution in [0.15, 0.2) is 40.6 Å². The van der Waals surface area contributed by atoms with Crippen molar-refractivity contribution >= 4 is 40.0 Å². The standard InChI is InChI=1S/C17H14FN7O5/c1-10(26)21-14-7-11(20-6-2-5-19)3-4-13(14)22-23-15-8-12(18)16(24(27)28)9-17(15)25(29)30/h3-4,7-9,20H,2,6H2,1H3,(H,21,26). The molecule has 0 aliphatic heterocycles. The second kappa shape index (κ2) is 9.64. The highest BCUT2D eigenvalue weighted by Gasteiger charge is 2.25. The molecule has 0 aliphatic carbocycles. The van der Waals surface area contributed by atoms with Gasteiger partial charge in [0.15, 0.2) is 5.69 Å². The first-order valence-electron chi connectivity index (χ1n) is 8.29. The Morgan fingerprint density at radius 3 is 2.40 bits per heavy atom. The lowest BCUT2D eigenvalue weighted by molar-refractivity contribution is -0.395. The van der Waals surface area contributed by atoms with Crippen molar-refractivity contribution < 1.29 is 19.0 Å². The molecule has 0 heterocycles. The summed E-state index contributed by atoms with van der Waals surface area (Å²) in [4.78, 5) is 31.4. The minimum atomic E-state index is -1.31. The van der Waals surface area contributed by atoms with Crippen LogP contribution < -0.4 is 10.6 Å². The highest BCUT2D eigenvalue weighted by molar-refractivity contribution is 5.92. The zero-order valence-electron chi connectivity index (χ0n) is 15.5. The molecule has 13 heteroatoms. The number of azo groups is 1. The number of nitro groups is 2. The molecule has 0 saturated carbocycles. The number of anilines is 2. The Kier molecular flexibility index (Phi) is 7.02. The predicted octanol–water partition coefficient (Wildman–Crippen LogP) is 4.34. The van der Waals surface area contributed by atoms with Crippen LogP contribution in [0.25, 0.3) is 0 Å². The van der Waals surface area contributed by atoms with Gasteiger partial charge >= 0.3 is 11.4 Å². The van der Waals surface area contributed by atoms with Crippen molar-refractivity contribution in [1.82, 2.24) is 0 Å². The van der Waals surface area contributed by atoms with E-state index in [2.05, 4.69) is 20.9 Å². The fourth-order valence-corrected chi connectivity index (χ4v) is 2.30. The summed E-state index contributed by atoms with van der Waals surface area (Å²) in [6.45, 7) is 1.62. The number of nitro benzene ring substituents is 2. The summed E-state index contributed by atoms with van der Waals surface area (Å²) in [5.74, 6) is -1.73.